The molecule has 0 saturated carbocycles. The molecule has 0 radical (unpaired) electrons. The van der Waals surface area contributed by atoms with Crippen molar-refractivity contribution in [1.29, 1.82) is 0 Å². The maximum absolute atomic E-state index is 10.8. The van der Waals surface area contributed by atoms with Gasteiger partial charge in [0.2, 0.25) is 5.91 Å². The number of nitrogens with zero attached hydrogens (tertiary/aromatic N) is 1. The van der Waals surface area contributed by atoms with Crippen LogP contribution in [0.25, 0.3) is 0 Å². The Morgan fingerprint density at radius 3 is 2.10 bits per heavy atom. The van der Waals surface area contributed by atoms with Gasteiger partial charge in [-0.25, -0.2) is 0 Å². The van der Waals surface area contributed by atoms with E-state index in [9.17, 15) is 14.9 Å². The smallest absolute Gasteiger partial charge is 0.294 e. The van der Waals surface area contributed by atoms with Gasteiger partial charge in [-0.05, 0) is 24.3 Å². The van der Waals surface area contributed by atoms with E-state index in [1.54, 1.807) is 24.3 Å². The summed E-state index contributed by atoms with van der Waals surface area (Å²) in [5, 5.41) is 11.6. The molecule has 1 aromatic rings. The van der Waals surface area contributed by atoms with Crippen molar-refractivity contribution in [2.45, 2.75) is 34.6 Å². The van der Waals surface area contributed by atoms with Gasteiger partial charge in [0.15, 0.2) is 0 Å². The summed E-state index contributed by atoms with van der Waals surface area (Å²) in [6, 6.07) is 6.64. The molecule has 1 N–H and O–H groups in total. The highest BCUT2D eigenvalue weighted by molar-refractivity contribution is 5.88. The van der Waals surface area contributed by atoms with Crippen LogP contribution in [0.2, 0.25) is 0 Å². The molecule has 0 aromatic heterocycles. The van der Waals surface area contributed by atoms with Crippen molar-refractivity contribution in [3.8, 4) is 5.75 Å². The minimum Gasteiger partial charge on any atom is -0.492 e. The zero-order valence-corrected chi connectivity index (χ0v) is 13.2. The highest BCUT2D eigenvalue weighted by Crippen LogP contribution is 2.15. The molecule has 0 atom stereocenters. The molecule has 0 aliphatic carbocycles. The quantitative estimate of drug-likeness (QED) is 0.494. The van der Waals surface area contributed by atoms with Crippen LogP contribution >= 0.6 is 0 Å². The van der Waals surface area contributed by atoms with Crippen molar-refractivity contribution in [3.63, 3.8) is 0 Å². The molecule has 0 aliphatic heterocycles. The Hall–Kier alpha value is -2.31. The van der Waals surface area contributed by atoms with Crippen LogP contribution < -0.4 is 10.1 Å². The number of carbonyl (C=O) groups is 1. The third-order valence-electron chi connectivity index (χ3n) is 1.72. The fourth-order valence-electron chi connectivity index (χ4n) is 1.11. The summed E-state index contributed by atoms with van der Waals surface area (Å²) in [7, 11) is 0. The second kappa shape index (κ2) is 14.1. The van der Waals surface area contributed by atoms with Crippen LogP contribution in [0.5, 0.6) is 5.75 Å². The first-order valence-electron chi connectivity index (χ1n) is 6.85. The first-order valence-corrected chi connectivity index (χ1v) is 6.85. The SMILES string of the molecule is CC.CC.CC(=O)Nc1ccc(OCCO[N+](=O)[O-])cc1. The molecule has 1 rings (SSSR count). The second-order valence-electron chi connectivity index (χ2n) is 3.11. The van der Waals surface area contributed by atoms with Gasteiger partial charge in [0.1, 0.15) is 19.0 Å². The van der Waals surface area contributed by atoms with Crippen molar-refractivity contribution in [3.05, 3.63) is 34.4 Å². The second-order valence-corrected chi connectivity index (χ2v) is 3.11. The van der Waals surface area contributed by atoms with E-state index >= 15 is 0 Å². The van der Waals surface area contributed by atoms with E-state index in [0.29, 0.717) is 11.4 Å². The van der Waals surface area contributed by atoms with Crippen LogP contribution in [0, 0.1) is 10.1 Å². The number of carbonyl (C=O) groups excluding carboxylic acids is 1. The van der Waals surface area contributed by atoms with E-state index in [1.807, 2.05) is 27.7 Å². The van der Waals surface area contributed by atoms with Gasteiger partial charge in [-0.2, -0.15) is 0 Å². The summed E-state index contributed by atoms with van der Waals surface area (Å²) in [5.41, 5.74) is 0.659. The number of amides is 1. The number of nitrogens with one attached hydrogen (secondary N) is 1. The van der Waals surface area contributed by atoms with Crippen molar-refractivity contribution in [2.75, 3.05) is 18.5 Å². The predicted octanol–water partition coefficient (Wildman–Crippen LogP) is 3.28. The summed E-state index contributed by atoms with van der Waals surface area (Å²) < 4.78 is 5.17. The lowest BCUT2D eigenvalue weighted by Crippen LogP contribution is -2.10. The Bertz CT molecular complexity index is 393. The first kappa shape index (κ1) is 21.0. The normalized spacial score (nSPS) is 8.24. The van der Waals surface area contributed by atoms with Crippen LogP contribution in [0.3, 0.4) is 0 Å². The predicted molar refractivity (Wildman–Crippen MR) is 81.9 cm³/mol. The molecule has 0 fully saturated rings. The fourth-order valence-corrected chi connectivity index (χ4v) is 1.11. The summed E-state index contributed by atoms with van der Waals surface area (Å²) in [5.74, 6) is 0.393. The average molecular weight is 300 g/mol. The Morgan fingerprint density at radius 2 is 1.67 bits per heavy atom. The van der Waals surface area contributed by atoms with Crippen LogP contribution in [0.4, 0.5) is 5.69 Å². The van der Waals surface area contributed by atoms with E-state index in [-0.39, 0.29) is 19.1 Å². The highest BCUT2D eigenvalue weighted by Gasteiger charge is 1.98. The van der Waals surface area contributed by atoms with Gasteiger partial charge in [0.25, 0.3) is 5.09 Å². The average Bonchev–Trinajstić information content (AvgIpc) is 2.49. The lowest BCUT2D eigenvalue weighted by atomic mass is 10.3. The first-order chi connectivity index (χ1) is 10.1. The number of anilines is 1. The minimum absolute atomic E-state index is 0.0838. The molecule has 21 heavy (non-hydrogen) atoms. The van der Waals surface area contributed by atoms with E-state index in [0.717, 1.165) is 0 Å². The van der Waals surface area contributed by atoms with E-state index in [2.05, 4.69) is 10.2 Å². The monoisotopic (exact) mass is 300 g/mol. The lowest BCUT2D eigenvalue weighted by Gasteiger charge is -2.06. The molecule has 120 valence electrons. The van der Waals surface area contributed by atoms with Gasteiger partial charge in [0.05, 0.1) is 0 Å². The molecule has 7 nitrogen and oxygen atoms in total. The molecule has 0 heterocycles. The highest BCUT2D eigenvalue weighted by atomic mass is 17.0. The topological polar surface area (TPSA) is 90.7 Å². The molecular weight excluding hydrogens is 276 g/mol. The van der Waals surface area contributed by atoms with Gasteiger partial charge in [-0.3, -0.25) is 4.79 Å². The minimum atomic E-state index is -0.872. The van der Waals surface area contributed by atoms with Crippen LogP contribution in [-0.4, -0.2) is 24.2 Å². The van der Waals surface area contributed by atoms with Gasteiger partial charge in [0, 0.05) is 12.6 Å². The summed E-state index contributed by atoms with van der Waals surface area (Å²) in [6.07, 6.45) is 0. The van der Waals surface area contributed by atoms with Gasteiger partial charge in [-0.15, -0.1) is 10.1 Å². The van der Waals surface area contributed by atoms with Gasteiger partial charge in [-0.1, -0.05) is 27.7 Å². The molecule has 1 amide bonds. The maximum Gasteiger partial charge on any atom is 0.294 e. The number of rotatable bonds is 6. The molecule has 0 unspecified atom stereocenters. The van der Waals surface area contributed by atoms with Crippen molar-refractivity contribution in [2.24, 2.45) is 0 Å². The lowest BCUT2D eigenvalue weighted by molar-refractivity contribution is -0.757. The Kier molecular flexibility index (Phi) is 14.1. The summed E-state index contributed by atoms with van der Waals surface area (Å²) in [6.45, 7) is 9.38. The summed E-state index contributed by atoms with van der Waals surface area (Å²) >= 11 is 0. The molecule has 0 bridgehead atoms. The Morgan fingerprint density at radius 1 is 1.14 bits per heavy atom. The molecule has 1 aromatic carbocycles. The zero-order chi connectivity index (χ0) is 16.7. The number of ether oxygens (including phenoxy) is 1. The third kappa shape index (κ3) is 12.5. The number of hydrogen-bond acceptors (Lipinski definition) is 5. The van der Waals surface area contributed by atoms with Crippen molar-refractivity contribution >= 4 is 11.6 Å². The third-order valence-corrected chi connectivity index (χ3v) is 1.72. The van der Waals surface area contributed by atoms with E-state index in [4.69, 9.17) is 4.74 Å². The Labute approximate surface area is 125 Å². The maximum atomic E-state index is 10.8. The number of benzene rings is 1. The molecule has 0 saturated heterocycles. The van der Waals surface area contributed by atoms with Gasteiger partial charge >= 0.3 is 0 Å². The fraction of sp³-hybridized carbons (Fsp3) is 0.500. The summed E-state index contributed by atoms with van der Waals surface area (Å²) in [4.78, 5) is 24.7. The van der Waals surface area contributed by atoms with E-state index < -0.39 is 5.09 Å². The van der Waals surface area contributed by atoms with Crippen LogP contribution in [0.15, 0.2) is 24.3 Å². The molecular formula is C14H24N2O5. The van der Waals surface area contributed by atoms with Crippen LogP contribution in [0.1, 0.15) is 34.6 Å². The molecule has 0 spiro atoms. The number of hydrogen-bond donors (Lipinski definition) is 1. The van der Waals surface area contributed by atoms with Crippen molar-refractivity contribution in [1.82, 2.24) is 0 Å². The van der Waals surface area contributed by atoms with Crippen LogP contribution in [-0.2, 0) is 9.63 Å². The molecule has 0 aliphatic rings. The Balaban J connectivity index is 0. The molecule has 7 heteroatoms. The zero-order valence-electron chi connectivity index (χ0n) is 13.2. The largest absolute Gasteiger partial charge is 0.492 e. The van der Waals surface area contributed by atoms with E-state index in [1.165, 1.54) is 6.92 Å². The standard InChI is InChI=1S/C10H12N2O5.2C2H6/c1-8(13)11-9-2-4-10(5-3-9)16-6-7-17-12(14)15;2*1-2/h2-5H,6-7H2,1H3,(H,11,13);2*1-2H3. The van der Waals surface area contributed by atoms with Crippen molar-refractivity contribution < 1.29 is 19.5 Å². The van der Waals surface area contributed by atoms with Gasteiger partial charge < -0.3 is 14.9 Å².